The molecule has 1 N–H and O–H groups in total. The van der Waals surface area contributed by atoms with Gasteiger partial charge in [0.1, 0.15) is 18.7 Å². The van der Waals surface area contributed by atoms with E-state index in [1.54, 1.807) is 4.90 Å². The molecule has 1 aromatic rings. The zero-order valence-electron chi connectivity index (χ0n) is 24.0. The average Bonchev–Trinajstić information content (AvgIpc) is 3.44. The van der Waals surface area contributed by atoms with Crippen LogP contribution in [0.3, 0.4) is 0 Å². The number of ether oxygens (including phenoxy) is 1. The average molecular weight is 527 g/mol. The Kier molecular flexibility index (Phi) is 8.82. The molecule has 3 saturated heterocycles. The molecule has 0 radical (unpaired) electrons. The molecular formula is C30H46N4O4. The summed E-state index contributed by atoms with van der Waals surface area (Å²) in [6.45, 7) is 18.3. The van der Waals surface area contributed by atoms with Gasteiger partial charge in [-0.3, -0.25) is 19.3 Å². The Morgan fingerprint density at radius 2 is 1.74 bits per heavy atom. The third-order valence-electron chi connectivity index (χ3n) is 8.19. The van der Waals surface area contributed by atoms with E-state index in [0.717, 1.165) is 38.4 Å². The summed E-state index contributed by atoms with van der Waals surface area (Å²) in [7, 11) is 0. The predicted octanol–water partition coefficient (Wildman–Crippen LogP) is 3.20. The smallest absolute Gasteiger partial charge is 0.251 e. The second-order valence-electron chi connectivity index (χ2n) is 12.8. The van der Waals surface area contributed by atoms with Gasteiger partial charge in [-0.05, 0) is 55.0 Å². The van der Waals surface area contributed by atoms with Gasteiger partial charge in [0.05, 0.1) is 6.10 Å². The zero-order valence-corrected chi connectivity index (χ0v) is 24.0. The molecule has 0 aliphatic carbocycles. The van der Waals surface area contributed by atoms with Crippen molar-refractivity contribution in [3.8, 4) is 0 Å². The number of ketones is 1. The Morgan fingerprint density at radius 1 is 1.08 bits per heavy atom. The maximum atomic E-state index is 13.9. The van der Waals surface area contributed by atoms with E-state index in [2.05, 4.69) is 56.7 Å². The minimum Gasteiger partial charge on any atom is -0.369 e. The highest BCUT2D eigenvalue weighted by molar-refractivity contribution is 5.99. The van der Waals surface area contributed by atoms with Crippen molar-refractivity contribution in [2.24, 2.45) is 17.3 Å². The lowest BCUT2D eigenvalue weighted by Crippen LogP contribution is -2.53. The van der Waals surface area contributed by atoms with Crippen molar-refractivity contribution in [1.29, 1.82) is 0 Å². The van der Waals surface area contributed by atoms with Crippen molar-refractivity contribution >= 4 is 23.3 Å². The van der Waals surface area contributed by atoms with E-state index in [4.69, 9.17) is 4.74 Å². The number of hydrogen-bond donors (Lipinski definition) is 1. The van der Waals surface area contributed by atoms with E-state index in [9.17, 15) is 14.4 Å². The van der Waals surface area contributed by atoms with Gasteiger partial charge in [0, 0.05) is 49.9 Å². The van der Waals surface area contributed by atoms with Crippen LogP contribution in [0.15, 0.2) is 24.3 Å². The number of piperazine rings is 1. The Bertz CT molecular complexity index is 995. The summed E-state index contributed by atoms with van der Waals surface area (Å²) in [6.07, 6.45) is 1.39. The number of nitrogens with zero attached hydrogens (tertiary/aromatic N) is 3. The van der Waals surface area contributed by atoms with Crippen molar-refractivity contribution in [3.63, 3.8) is 0 Å². The summed E-state index contributed by atoms with van der Waals surface area (Å²) in [6, 6.07) is 6.42. The van der Waals surface area contributed by atoms with Crippen LogP contribution in [0.5, 0.6) is 0 Å². The summed E-state index contributed by atoms with van der Waals surface area (Å²) in [4.78, 5) is 46.4. The molecule has 0 saturated carbocycles. The van der Waals surface area contributed by atoms with Crippen LogP contribution in [0.1, 0.15) is 64.7 Å². The summed E-state index contributed by atoms with van der Waals surface area (Å²) < 4.78 is 5.82. The maximum Gasteiger partial charge on any atom is 0.251 e. The Hall–Kier alpha value is -2.45. The van der Waals surface area contributed by atoms with E-state index in [1.165, 1.54) is 6.42 Å². The first kappa shape index (κ1) is 28.6. The Morgan fingerprint density at radius 3 is 2.32 bits per heavy atom. The quantitative estimate of drug-likeness (QED) is 0.560. The number of rotatable bonds is 8. The molecule has 3 fully saturated rings. The van der Waals surface area contributed by atoms with E-state index in [-0.39, 0.29) is 47.6 Å². The minimum absolute atomic E-state index is 0.0431. The van der Waals surface area contributed by atoms with Crippen molar-refractivity contribution in [2.45, 2.75) is 72.6 Å². The number of likely N-dealkylation sites (tertiary alicyclic amines) is 1. The van der Waals surface area contributed by atoms with Gasteiger partial charge in [-0.2, -0.15) is 0 Å². The molecule has 4 atom stereocenters. The molecule has 0 bridgehead atoms. The van der Waals surface area contributed by atoms with Crippen molar-refractivity contribution < 1.29 is 19.1 Å². The lowest BCUT2D eigenvalue weighted by molar-refractivity contribution is -0.138. The monoisotopic (exact) mass is 526 g/mol. The second kappa shape index (κ2) is 11.7. The lowest BCUT2D eigenvalue weighted by atomic mass is 9.87. The SMILES string of the molecule is CCCN1CCN(c2ccc(C(=O)N[C@@H](CC(C)(C)C)C(=O)N3C[C@@H](C(C)C)[C@H]4OCC(=O)[C@H]43)cc2)CC1. The molecule has 3 heterocycles. The largest absolute Gasteiger partial charge is 0.369 e. The number of anilines is 1. The third kappa shape index (κ3) is 6.40. The highest BCUT2D eigenvalue weighted by atomic mass is 16.5. The van der Waals surface area contributed by atoms with E-state index < -0.39 is 12.1 Å². The van der Waals surface area contributed by atoms with Crippen LogP contribution in [-0.2, 0) is 14.3 Å². The van der Waals surface area contributed by atoms with Gasteiger partial charge in [0.25, 0.3) is 5.91 Å². The summed E-state index contributed by atoms with van der Waals surface area (Å²) in [5.74, 6) is -0.102. The maximum absolute atomic E-state index is 13.9. The van der Waals surface area contributed by atoms with Crippen LogP contribution >= 0.6 is 0 Å². The molecule has 210 valence electrons. The summed E-state index contributed by atoms with van der Waals surface area (Å²) in [5, 5.41) is 3.02. The summed E-state index contributed by atoms with van der Waals surface area (Å²) >= 11 is 0. The molecule has 0 aromatic heterocycles. The molecule has 8 nitrogen and oxygen atoms in total. The first-order valence-corrected chi connectivity index (χ1v) is 14.3. The van der Waals surface area contributed by atoms with Crippen LogP contribution in [0.25, 0.3) is 0 Å². The number of carbonyl (C=O) groups is 3. The molecule has 0 unspecified atom stereocenters. The van der Waals surface area contributed by atoms with Crippen LogP contribution in [0, 0.1) is 17.3 Å². The fourth-order valence-corrected chi connectivity index (χ4v) is 6.13. The van der Waals surface area contributed by atoms with Crippen LogP contribution < -0.4 is 10.2 Å². The second-order valence-corrected chi connectivity index (χ2v) is 12.8. The fraction of sp³-hybridized carbons (Fsp3) is 0.700. The highest BCUT2D eigenvalue weighted by Crippen LogP contribution is 2.37. The molecule has 8 heteroatoms. The molecule has 4 rings (SSSR count). The van der Waals surface area contributed by atoms with Gasteiger partial charge >= 0.3 is 0 Å². The molecule has 0 spiro atoms. The fourth-order valence-electron chi connectivity index (χ4n) is 6.13. The molecule has 2 amide bonds. The van der Waals surface area contributed by atoms with Crippen LogP contribution in [0.4, 0.5) is 5.69 Å². The topological polar surface area (TPSA) is 82.2 Å². The number of fused-ring (bicyclic) bond motifs is 1. The Balaban J connectivity index is 1.45. The van der Waals surface area contributed by atoms with Crippen LogP contribution in [0.2, 0.25) is 0 Å². The molecule has 3 aliphatic heterocycles. The van der Waals surface area contributed by atoms with Gasteiger partial charge < -0.3 is 19.9 Å². The Labute approximate surface area is 228 Å². The molecule has 1 aromatic carbocycles. The van der Waals surface area contributed by atoms with Gasteiger partial charge in [-0.25, -0.2) is 0 Å². The number of Topliss-reactive ketones (excluding diaryl/α,β-unsaturated/α-hetero) is 1. The predicted molar refractivity (Wildman–Crippen MR) is 149 cm³/mol. The number of carbonyl (C=O) groups excluding carboxylic acids is 3. The normalized spacial score (nSPS) is 25.1. The van der Waals surface area contributed by atoms with Crippen molar-refractivity contribution in [1.82, 2.24) is 15.1 Å². The van der Waals surface area contributed by atoms with E-state index in [0.29, 0.717) is 18.5 Å². The first-order valence-electron chi connectivity index (χ1n) is 14.3. The van der Waals surface area contributed by atoms with Crippen LogP contribution in [-0.4, -0.2) is 91.5 Å². The van der Waals surface area contributed by atoms with Gasteiger partial charge in [-0.15, -0.1) is 0 Å². The lowest BCUT2D eigenvalue weighted by Gasteiger charge is -2.36. The number of hydrogen-bond acceptors (Lipinski definition) is 6. The third-order valence-corrected chi connectivity index (χ3v) is 8.19. The van der Waals surface area contributed by atoms with E-state index >= 15 is 0 Å². The summed E-state index contributed by atoms with van der Waals surface area (Å²) in [5.41, 5.74) is 1.46. The number of nitrogens with one attached hydrogen (secondary N) is 1. The van der Waals surface area contributed by atoms with E-state index in [1.807, 2.05) is 24.3 Å². The first-order chi connectivity index (χ1) is 18.0. The highest BCUT2D eigenvalue weighted by Gasteiger charge is 2.53. The van der Waals surface area contributed by atoms with Crippen molar-refractivity contribution in [2.75, 3.05) is 50.8 Å². The van der Waals surface area contributed by atoms with Gasteiger partial charge in [0.15, 0.2) is 5.78 Å². The van der Waals surface area contributed by atoms with Gasteiger partial charge in [0.2, 0.25) is 5.91 Å². The molecule has 38 heavy (non-hydrogen) atoms. The van der Waals surface area contributed by atoms with Crippen molar-refractivity contribution in [3.05, 3.63) is 29.8 Å². The standard InChI is InChI=1S/C30H46N4O4/c1-7-12-32-13-15-33(16-14-32)22-10-8-21(9-11-22)28(36)31-24(17-30(4,5)6)29(37)34-18-23(20(2)3)27-26(34)25(35)19-38-27/h8-11,20,23-24,26-27H,7,12-19H2,1-6H3,(H,31,36)/t23-,24-,26+,27+/m0/s1. The number of amides is 2. The molecular weight excluding hydrogens is 480 g/mol. The van der Waals surface area contributed by atoms with Gasteiger partial charge in [-0.1, -0.05) is 41.5 Å². The zero-order chi connectivity index (χ0) is 27.6. The minimum atomic E-state index is -0.714. The number of benzene rings is 1. The molecule has 3 aliphatic rings.